The van der Waals surface area contributed by atoms with E-state index in [1.807, 2.05) is 30.3 Å². The van der Waals surface area contributed by atoms with E-state index in [1.165, 1.54) is 22.6 Å². The highest BCUT2D eigenvalue weighted by Crippen LogP contribution is 2.28. The van der Waals surface area contributed by atoms with Crippen molar-refractivity contribution in [1.82, 2.24) is 9.29 Å². The SMILES string of the molecule is N#Cc1ccc(S(=O)(=O)N2Cc3ccccc3C2)cn1. The summed E-state index contributed by atoms with van der Waals surface area (Å²) in [5.74, 6) is 0. The predicted molar refractivity (Wildman–Crippen MR) is 71.8 cm³/mol. The molecule has 1 aromatic heterocycles. The number of sulfonamides is 1. The molecular formula is C14H11N3O2S. The van der Waals surface area contributed by atoms with Crippen molar-refractivity contribution in [1.29, 1.82) is 5.26 Å². The first-order chi connectivity index (χ1) is 9.61. The minimum atomic E-state index is -3.57. The van der Waals surface area contributed by atoms with E-state index in [9.17, 15) is 8.42 Å². The number of nitrogens with zero attached hydrogens (tertiary/aromatic N) is 3. The van der Waals surface area contributed by atoms with Crippen LogP contribution < -0.4 is 0 Å². The molecule has 20 heavy (non-hydrogen) atoms. The largest absolute Gasteiger partial charge is 0.245 e. The van der Waals surface area contributed by atoms with Crippen molar-refractivity contribution in [2.75, 3.05) is 0 Å². The molecule has 0 amide bonds. The summed E-state index contributed by atoms with van der Waals surface area (Å²) in [7, 11) is -3.57. The number of nitriles is 1. The van der Waals surface area contributed by atoms with E-state index in [-0.39, 0.29) is 10.6 Å². The van der Waals surface area contributed by atoms with Gasteiger partial charge in [0.2, 0.25) is 10.0 Å². The number of fused-ring (bicyclic) bond motifs is 1. The Balaban J connectivity index is 1.92. The zero-order chi connectivity index (χ0) is 14.2. The van der Waals surface area contributed by atoms with Crippen LogP contribution in [0.15, 0.2) is 47.5 Å². The molecule has 0 N–H and O–H groups in total. The van der Waals surface area contributed by atoms with Crippen LogP contribution in [0.3, 0.4) is 0 Å². The second-order valence-corrected chi connectivity index (χ2v) is 6.47. The molecule has 0 aliphatic carbocycles. The van der Waals surface area contributed by atoms with Crippen LogP contribution in [0.25, 0.3) is 0 Å². The zero-order valence-corrected chi connectivity index (χ0v) is 11.3. The lowest BCUT2D eigenvalue weighted by molar-refractivity contribution is 0.431. The highest BCUT2D eigenvalue weighted by atomic mass is 32.2. The number of pyridine rings is 1. The van der Waals surface area contributed by atoms with Crippen LogP contribution in [0, 0.1) is 11.3 Å². The predicted octanol–water partition coefficient (Wildman–Crippen LogP) is 1.66. The van der Waals surface area contributed by atoms with E-state index in [0.29, 0.717) is 13.1 Å². The van der Waals surface area contributed by atoms with E-state index >= 15 is 0 Å². The topological polar surface area (TPSA) is 74.1 Å². The van der Waals surface area contributed by atoms with Crippen LogP contribution in [-0.4, -0.2) is 17.7 Å². The van der Waals surface area contributed by atoms with E-state index in [1.54, 1.807) is 0 Å². The number of hydrogen-bond acceptors (Lipinski definition) is 4. The number of benzene rings is 1. The molecule has 0 spiro atoms. The first kappa shape index (κ1) is 12.8. The van der Waals surface area contributed by atoms with Gasteiger partial charge in [-0.05, 0) is 23.3 Å². The molecule has 0 atom stereocenters. The van der Waals surface area contributed by atoms with E-state index in [4.69, 9.17) is 5.26 Å². The third-order valence-corrected chi connectivity index (χ3v) is 5.08. The first-order valence-corrected chi connectivity index (χ1v) is 7.48. The fourth-order valence-electron chi connectivity index (χ4n) is 2.22. The minimum absolute atomic E-state index is 0.115. The van der Waals surface area contributed by atoms with Gasteiger partial charge >= 0.3 is 0 Å². The van der Waals surface area contributed by atoms with Gasteiger partial charge in [0.1, 0.15) is 16.7 Å². The maximum atomic E-state index is 12.5. The highest BCUT2D eigenvalue weighted by Gasteiger charge is 2.30. The molecule has 5 nitrogen and oxygen atoms in total. The molecule has 0 unspecified atom stereocenters. The van der Waals surface area contributed by atoms with Gasteiger partial charge < -0.3 is 0 Å². The van der Waals surface area contributed by atoms with E-state index in [0.717, 1.165) is 11.1 Å². The Labute approximate surface area is 117 Å². The van der Waals surface area contributed by atoms with Crippen LogP contribution >= 0.6 is 0 Å². The van der Waals surface area contributed by atoms with Crippen molar-refractivity contribution >= 4 is 10.0 Å². The van der Waals surface area contributed by atoms with Crippen molar-refractivity contribution in [3.63, 3.8) is 0 Å². The molecule has 0 saturated heterocycles. The van der Waals surface area contributed by atoms with Crippen molar-refractivity contribution in [3.8, 4) is 6.07 Å². The summed E-state index contributed by atoms with van der Waals surface area (Å²) in [5.41, 5.74) is 2.25. The fourth-order valence-corrected chi connectivity index (χ4v) is 3.56. The molecule has 0 bridgehead atoms. The lowest BCUT2D eigenvalue weighted by Gasteiger charge is -2.15. The molecule has 0 radical (unpaired) electrons. The molecule has 0 saturated carbocycles. The Morgan fingerprint density at radius 2 is 1.75 bits per heavy atom. The van der Waals surface area contributed by atoms with Crippen molar-refractivity contribution < 1.29 is 8.42 Å². The number of aromatic nitrogens is 1. The Bertz CT molecular complexity index is 767. The average molecular weight is 285 g/mol. The summed E-state index contributed by atoms with van der Waals surface area (Å²) in [6.07, 6.45) is 1.23. The normalized spacial score (nSPS) is 14.8. The summed E-state index contributed by atoms with van der Waals surface area (Å²) < 4.78 is 26.4. The van der Waals surface area contributed by atoms with Crippen LogP contribution in [0.2, 0.25) is 0 Å². The molecular weight excluding hydrogens is 274 g/mol. The second-order valence-electron chi connectivity index (χ2n) is 4.53. The summed E-state index contributed by atoms with van der Waals surface area (Å²) in [5, 5.41) is 8.69. The van der Waals surface area contributed by atoms with E-state index < -0.39 is 10.0 Å². The van der Waals surface area contributed by atoms with Crippen LogP contribution in [0.4, 0.5) is 0 Å². The maximum Gasteiger partial charge on any atom is 0.245 e. The van der Waals surface area contributed by atoms with Gasteiger partial charge in [-0.3, -0.25) is 0 Å². The van der Waals surface area contributed by atoms with Gasteiger partial charge in [-0.15, -0.1) is 0 Å². The number of rotatable bonds is 2. The Morgan fingerprint density at radius 1 is 1.10 bits per heavy atom. The second kappa shape index (κ2) is 4.71. The van der Waals surface area contributed by atoms with Gasteiger partial charge in [-0.1, -0.05) is 24.3 Å². The quantitative estimate of drug-likeness (QED) is 0.841. The molecule has 3 rings (SSSR count). The molecule has 0 fully saturated rings. The number of hydrogen-bond donors (Lipinski definition) is 0. The van der Waals surface area contributed by atoms with Gasteiger partial charge in [0.05, 0.1) is 0 Å². The van der Waals surface area contributed by atoms with Crippen molar-refractivity contribution in [2.24, 2.45) is 0 Å². The first-order valence-electron chi connectivity index (χ1n) is 6.04. The third kappa shape index (κ3) is 2.07. The van der Waals surface area contributed by atoms with Gasteiger partial charge in [0, 0.05) is 19.3 Å². The molecule has 1 aliphatic heterocycles. The highest BCUT2D eigenvalue weighted by molar-refractivity contribution is 7.89. The van der Waals surface area contributed by atoms with Gasteiger partial charge in [-0.25, -0.2) is 13.4 Å². The molecule has 2 aromatic rings. The summed E-state index contributed by atoms with van der Waals surface area (Å²) in [6, 6.07) is 12.4. The summed E-state index contributed by atoms with van der Waals surface area (Å²) in [4.78, 5) is 3.93. The van der Waals surface area contributed by atoms with Crippen molar-refractivity contribution in [2.45, 2.75) is 18.0 Å². The fraction of sp³-hybridized carbons (Fsp3) is 0.143. The molecule has 6 heteroatoms. The van der Waals surface area contributed by atoms with Crippen LogP contribution in [0.1, 0.15) is 16.8 Å². The molecule has 1 aliphatic rings. The van der Waals surface area contributed by atoms with Gasteiger partial charge in [0.15, 0.2) is 0 Å². The minimum Gasteiger partial charge on any atom is -0.244 e. The standard InChI is InChI=1S/C14H11N3O2S/c15-7-13-5-6-14(8-16-13)20(18,19)17-9-11-3-1-2-4-12(11)10-17/h1-6,8H,9-10H2. The Kier molecular flexibility index (Phi) is 3.01. The molecule has 1 aromatic carbocycles. The summed E-state index contributed by atoms with van der Waals surface area (Å²) in [6.45, 7) is 0.747. The smallest absolute Gasteiger partial charge is 0.244 e. The average Bonchev–Trinajstić information content (AvgIpc) is 2.92. The Morgan fingerprint density at radius 3 is 2.25 bits per heavy atom. The van der Waals surface area contributed by atoms with Gasteiger partial charge in [-0.2, -0.15) is 9.57 Å². The Hall–Kier alpha value is -2.23. The lowest BCUT2D eigenvalue weighted by Crippen LogP contribution is -2.25. The van der Waals surface area contributed by atoms with Crippen LogP contribution in [0.5, 0.6) is 0 Å². The van der Waals surface area contributed by atoms with Gasteiger partial charge in [0.25, 0.3) is 0 Å². The van der Waals surface area contributed by atoms with Crippen molar-refractivity contribution in [3.05, 3.63) is 59.4 Å². The van der Waals surface area contributed by atoms with E-state index in [2.05, 4.69) is 4.98 Å². The third-order valence-electron chi connectivity index (χ3n) is 3.30. The summed E-state index contributed by atoms with van der Waals surface area (Å²) >= 11 is 0. The lowest BCUT2D eigenvalue weighted by atomic mass is 10.1. The molecule has 100 valence electrons. The zero-order valence-electron chi connectivity index (χ0n) is 10.5. The monoisotopic (exact) mass is 285 g/mol. The van der Waals surface area contributed by atoms with Crippen LogP contribution in [-0.2, 0) is 23.1 Å². The maximum absolute atomic E-state index is 12.5. The molecule has 2 heterocycles.